The minimum Gasteiger partial charge on any atom is -0.457 e. The number of unbranched alkanes of at least 4 members (excludes halogenated alkanes) is 15. The van der Waals surface area contributed by atoms with Crippen LogP contribution in [-0.4, -0.2) is 49.9 Å². The molecule has 0 aromatic carbocycles. The van der Waals surface area contributed by atoms with Crippen molar-refractivity contribution in [3.05, 3.63) is 48.6 Å². The molecule has 0 radical (unpaired) electrons. The zero-order valence-corrected chi connectivity index (χ0v) is 31.6. The molecule has 0 fully saturated rings. The zero-order chi connectivity index (χ0) is 35.2. The second-order valence-corrected chi connectivity index (χ2v) is 13.9. The fourth-order valence-corrected chi connectivity index (χ4v) is 5.75. The number of nitrogens with two attached hydrogens (primary N) is 1. The number of rotatable bonds is 36. The van der Waals surface area contributed by atoms with Crippen molar-refractivity contribution in [1.29, 1.82) is 0 Å². The maximum Gasteiger partial charge on any atom is 0.472 e. The van der Waals surface area contributed by atoms with Crippen molar-refractivity contribution in [3.8, 4) is 0 Å². The number of allylic oxidation sites excluding steroid dienone is 8. The van der Waals surface area contributed by atoms with E-state index in [0.717, 1.165) is 70.6 Å². The highest BCUT2D eigenvalue weighted by molar-refractivity contribution is 7.47. The van der Waals surface area contributed by atoms with Crippen molar-refractivity contribution in [2.24, 2.45) is 5.73 Å². The van der Waals surface area contributed by atoms with Gasteiger partial charge in [-0.3, -0.25) is 13.8 Å². The Balaban J connectivity index is 4.15. The number of phosphoric ester groups is 1. The molecule has 2 atom stereocenters. The van der Waals surface area contributed by atoms with Crippen LogP contribution >= 0.6 is 7.82 Å². The molecule has 0 aromatic heterocycles. The predicted octanol–water partition coefficient (Wildman–Crippen LogP) is 10.9. The minimum absolute atomic E-state index is 0.0941. The highest BCUT2D eigenvalue weighted by Gasteiger charge is 2.25. The Morgan fingerprint density at radius 2 is 1.17 bits per heavy atom. The van der Waals surface area contributed by atoms with Crippen LogP contribution in [0.2, 0.25) is 0 Å². The number of phosphoric acid groups is 1. The summed E-state index contributed by atoms with van der Waals surface area (Å²) in [5.74, 6) is -0.344. The van der Waals surface area contributed by atoms with Gasteiger partial charge in [0, 0.05) is 19.6 Å². The maximum atomic E-state index is 12.5. The Kier molecular flexibility index (Phi) is 35.6. The second kappa shape index (κ2) is 36.7. The fraction of sp³-hybridized carbons (Fsp3) is 0.769. The molecule has 0 heterocycles. The summed E-state index contributed by atoms with van der Waals surface area (Å²) >= 11 is 0. The molecule has 0 aliphatic rings. The standard InChI is InChI=1S/C39H72NO7P/c1-3-5-7-9-11-13-15-17-18-19-21-23-25-27-29-31-34-44-36-38(37-46-48(42,43)45-35-33-40)47-39(41)32-30-28-26-24-22-20-16-14-12-10-8-6-4-2/h5,7,11,13,17-18,21,23,38H,3-4,6,8-10,12,14-16,19-20,22,24-37,40H2,1-2H3,(H,42,43)/b7-5-,13-11-,18-17-,23-21-. The fourth-order valence-electron chi connectivity index (χ4n) is 4.99. The molecule has 0 aliphatic carbocycles. The number of hydrogen-bond donors (Lipinski definition) is 2. The smallest absolute Gasteiger partial charge is 0.457 e. The van der Waals surface area contributed by atoms with Crippen molar-refractivity contribution in [2.75, 3.05) is 33.0 Å². The lowest BCUT2D eigenvalue weighted by atomic mass is 10.0. The molecule has 0 amide bonds. The quantitative estimate of drug-likeness (QED) is 0.0287. The van der Waals surface area contributed by atoms with Crippen molar-refractivity contribution in [1.82, 2.24) is 0 Å². The van der Waals surface area contributed by atoms with Gasteiger partial charge in [0.2, 0.25) is 0 Å². The summed E-state index contributed by atoms with van der Waals surface area (Å²) in [5.41, 5.74) is 5.35. The van der Waals surface area contributed by atoms with Crippen LogP contribution in [0.3, 0.4) is 0 Å². The molecule has 280 valence electrons. The van der Waals surface area contributed by atoms with Crippen LogP contribution in [0, 0.1) is 0 Å². The highest BCUT2D eigenvalue weighted by atomic mass is 31.2. The molecule has 48 heavy (non-hydrogen) atoms. The average Bonchev–Trinajstić information content (AvgIpc) is 3.07. The lowest BCUT2D eigenvalue weighted by Gasteiger charge is -2.20. The Labute approximate surface area is 294 Å². The third-order valence-corrected chi connectivity index (χ3v) is 8.74. The summed E-state index contributed by atoms with van der Waals surface area (Å²) in [7, 11) is -4.28. The van der Waals surface area contributed by atoms with E-state index in [4.69, 9.17) is 24.3 Å². The number of carbonyl (C=O) groups is 1. The molecule has 0 saturated carbocycles. The van der Waals surface area contributed by atoms with Crippen LogP contribution in [0.25, 0.3) is 0 Å². The van der Waals surface area contributed by atoms with E-state index in [1.165, 1.54) is 64.2 Å². The molecule has 0 aliphatic heterocycles. The van der Waals surface area contributed by atoms with Crippen LogP contribution < -0.4 is 5.73 Å². The van der Waals surface area contributed by atoms with E-state index in [2.05, 4.69) is 62.5 Å². The highest BCUT2D eigenvalue weighted by Crippen LogP contribution is 2.43. The first-order valence-corrected chi connectivity index (χ1v) is 20.6. The molecular weight excluding hydrogens is 625 g/mol. The van der Waals surface area contributed by atoms with E-state index in [-0.39, 0.29) is 32.3 Å². The monoisotopic (exact) mass is 698 g/mol. The Morgan fingerprint density at radius 1 is 0.646 bits per heavy atom. The summed E-state index contributed by atoms with van der Waals surface area (Å²) in [6.07, 6.45) is 41.2. The molecule has 0 bridgehead atoms. The number of esters is 1. The van der Waals surface area contributed by atoms with E-state index in [9.17, 15) is 14.3 Å². The summed E-state index contributed by atoms with van der Waals surface area (Å²) in [5, 5.41) is 0. The molecule has 0 spiro atoms. The van der Waals surface area contributed by atoms with Crippen LogP contribution in [0.1, 0.15) is 155 Å². The van der Waals surface area contributed by atoms with E-state index >= 15 is 0 Å². The molecule has 9 heteroatoms. The third-order valence-electron chi connectivity index (χ3n) is 7.76. The summed E-state index contributed by atoms with van der Waals surface area (Å²) in [4.78, 5) is 22.4. The summed E-state index contributed by atoms with van der Waals surface area (Å²) in [6, 6.07) is 0. The first-order valence-electron chi connectivity index (χ1n) is 19.1. The third kappa shape index (κ3) is 35.8. The van der Waals surface area contributed by atoms with Gasteiger partial charge in [0.1, 0.15) is 6.10 Å². The maximum absolute atomic E-state index is 12.5. The van der Waals surface area contributed by atoms with E-state index < -0.39 is 13.9 Å². The van der Waals surface area contributed by atoms with Gasteiger partial charge < -0.3 is 20.1 Å². The van der Waals surface area contributed by atoms with Crippen molar-refractivity contribution >= 4 is 13.8 Å². The second-order valence-electron chi connectivity index (χ2n) is 12.4. The van der Waals surface area contributed by atoms with Gasteiger partial charge in [-0.25, -0.2) is 4.57 Å². The lowest BCUT2D eigenvalue weighted by Crippen LogP contribution is -2.28. The average molecular weight is 698 g/mol. The molecule has 0 aromatic rings. The Bertz CT molecular complexity index is 874. The number of hydrogen-bond acceptors (Lipinski definition) is 7. The van der Waals surface area contributed by atoms with Gasteiger partial charge >= 0.3 is 13.8 Å². The van der Waals surface area contributed by atoms with Crippen molar-refractivity contribution in [2.45, 2.75) is 161 Å². The predicted molar refractivity (Wildman–Crippen MR) is 201 cm³/mol. The first-order chi connectivity index (χ1) is 23.4. The van der Waals surface area contributed by atoms with Gasteiger partial charge in [0.25, 0.3) is 0 Å². The molecule has 0 rings (SSSR count). The molecule has 2 unspecified atom stereocenters. The van der Waals surface area contributed by atoms with Crippen molar-refractivity contribution in [3.63, 3.8) is 0 Å². The van der Waals surface area contributed by atoms with E-state index in [1.807, 2.05) is 0 Å². The molecule has 8 nitrogen and oxygen atoms in total. The first kappa shape index (κ1) is 46.5. The van der Waals surface area contributed by atoms with Crippen LogP contribution in [0.15, 0.2) is 48.6 Å². The Morgan fingerprint density at radius 3 is 1.73 bits per heavy atom. The summed E-state index contributed by atoms with van der Waals surface area (Å²) < 4.78 is 33.3. The minimum atomic E-state index is -4.28. The van der Waals surface area contributed by atoms with Crippen LogP contribution in [0.5, 0.6) is 0 Å². The van der Waals surface area contributed by atoms with Gasteiger partial charge in [-0.1, -0.05) is 146 Å². The van der Waals surface area contributed by atoms with Gasteiger partial charge in [-0.05, 0) is 51.4 Å². The Hall–Kier alpha value is -1.54. The van der Waals surface area contributed by atoms with Crippen LogP contribution in [-0.2, 0) is 27.9 Å². The number of ether oxygens (including phenoxy) is 2. The van der Waals surface area contributed by atoms with Crippen molar-refractivity contribution < 1.29 is 32.8 Å². The van der Waals surface area contributed by atoms with E-state index in [1.54, 1.807) is 0 Å². The SMILES string of the molecule is CC/C=C\C/C=C\C/C=C\C/C=C\CCCCCOCC(COP(=O)(O)OCCN)OC(=O)CCCCCCCCCCCCCCC. The van der Waals surface area contributed by atoms with Gasteiger partial charge in [-0.15, -0.1) is 0 Å². The largest absolute Gasteiger partial charge is 0.472 e. The van der Waals surface area contributed by atoms with E-state index in [0.29, 0.717) is 13.0 Å². The zero-order valence-electron chi connectivity index (χ0n) is 30.7. The molecule has 3 N–H and O–H groups in total. The molecule has 0 saturated heterocycles. The normalized spacial score (nSPS) is 14.2. The van der Waals surface area contributed by atoms with Crippen LogP contribution in [0.4, 0.5) is 0 Å². The summed E-state index contributed by atoms with van der Waals surface area (Å²) in [6.45, 7) is 4.72. The topological polar surface area (TPSA) is 117 Å². The molecular formula is C39H72NO7P. The van der Waals surface area contributed by atoms with Gasteiger partial charge in [0.05, 0.1) is 19.8 Å². The van der Waals surface area contributed by atoms with Gasteiger partial charge in [-0.2, -0.15) is 0 Å². The number of carbonyl (C=O) groups excluding carboxylic acids is 1. The lowest BCUT2D eigenvalue weighted by molar-refractivity contribution is -0.154. The van der Waals surface area contributed by atoms with Gasteiger partial charge in [0.15, 0.2) is 0 Å².